The highest BCUT2D eigenvalue weighted by molar-refractivity contribution is 5.79. The van der Waals surface area contributed by atoms with E-state index in [-0.39, 0.29) is 12.0 Å². The first-order valence-corrected chi connectivity index (χ1v) is 10.5. The molecule has 1 unspecified atom stereocenters. The summed E-state index contributed by atoms with van der Waals surface area (Å²) in [4.78, 5) is 4.54. The number of aliphatic imine (C=N–C) groups is 1. The normalized spacial score (nSPS) is 13.4. The third kappa shape index (κ3) is 5.57. The smallest absolute Gasteiger partial charge is 0.191 e. The molecule has 3 aromatic rings. The third-order valence-electron chi connectivity index (χ3n) is 4.95. The maximum atomic E-state index is 10.5. The minimum atomic E-state index is -0.644. The van der Waals surface area contributed by atoms with Gasteiger partial charge in [-0.1, -0.05) is 51.1 Å². The van der Waals surface area contributed by atoms with Crippen molar-refractivity contribution in [2.45, 2.75) is 45.6 Å². The average molecular weight is 409 g/mol. The summed E-state index contributed by atoms with van der Waals surface area (Å²) in [7, 11) is 0. The van der Waals surface area contributed by atoms with Crippen LogP contribution < -0.4 is 10.6 Å². The SMILES string of the molecule is CCNC(=NCC(O)c1ccc(C(C)(C)C)cc1)NCCc1nnc2ccccn12. The van der Waals surface area contributed by atoms with Gasteiger partial charge >= 0.3 is 0 Å². The minimum Gasteiger partial charge on any atom is -0.386 e. The predicted molar refractivity (Wildman–Crippen MR) is 121 cm³/mol. The first-order chi connectivity index (χ1) is 14.4. The van der Waals surface area contributed by atoms with Crippen LogP contribution in [0.2, 0.25) is 0 Å². The van der Waals surface area contributed by atoms with Crippen LogP contribution in [0.15, 0.2) is 53.7 Å². The van der Waals surface area contributed by atoms with E-state index < -0.39 is 6.10 Å². The lowest BCUT2D eigenvalue weighted by Gasteiger charge is -2.20. The Labute approximate surface area is 178 Å². The molecule has 160 valence electrons. The maximum Gasteiger partial charge on any atom is 0.191 e. The van der Waals surface area contributed by atoms with Crippen LogP contribution in [0.4, 0.5) is 0 Å². The van der Waals surface area contributed by atoms with Crippen molar-refractivity contribution < 1.29 is 5.11 Å². The molecule has 30 heavy (non-hydrogen) atoms. The van der Waals surface area contributed by atoms with E-state index in [2.05, 4.69) is 58.7 Å². The van der Waals surface area contributed by atoms with Gasteiger partial charge in [-0.2, -0.15) is 0 Å². The molecular weight excluding hydrogens is 376 g/mol. The van der Waals surface area contributed by atoms with Crippen molar-refractivity contribution in [2.24, 2.45) is 4.99 Å². The molecule has 3 N–H and O–H groups in total. The van der Waals surface area contributed by atoms with Crippen LogP contribution >= 0.6 is 0 Å². The lowest BCUT2D eigenvalue weighted by Crippen LogP contribution is -2.38. The Balaban J connectivity index is 1.57. The number of guanidine groups is 1. The van der Waals surface area contributed by atoms with Crippen LogP contribution in [0, 0.1) is 0 Å². The van der Waals surface area contributed by atoms with Crippen molar-refractivity contribution in [3.05, 3.63) is 65.6 Å². The molecule has 0 saturated heterocycles. The maximum absolute atomic E-state index is 10.5. The van der Waals surface area contributed by atoms with E-state index in [9.17, 15) is 5.11 Å². The highest BCUT2D eigenvalue weighted by Crippen LogP contribution is 2.24. The van der Waals surface area contributed by atoms with Crippen molar-refractivity contribution in [1.29, 1.82) is 0 Å². The number of pyridine rings is 1. The molecule has 0 spiro atoms. The van der Waals surface area contributed by atoms with E-state index >= 15 is 0 Å². The van der Waals surface area contributed by atoms with E-state index in [0.717, 1.165) is 23.6 Å². The number of nitrogens with one attached hydrogen (secondary N) is 2. The standard InChI is InChI=1S/C23H32N6O/c1-5-24-22(25-14-13-21-28-27-20-8-6-7-15-29(20)21)26-16-19(30)17-9-11-18(12-10-17)23(2,3)4/h6-12,15,19,30H,5,13-14,16H2,1-4H3,(H2,24,25,26). The summed E-state index contributed by atoms with van der Waals surface area (Å²) < 4.78 is 1.98. The van der Waals surface area contributed by atoms with Crippen LogP contribution in [0.5, 0.6) is 0 Å². The van der Waals surface area contributed by atoms with Crippen molar-refractivity contribution in [1.82, 2.24) is 25.2 Å². The second-order valence-electron chi connectivity index (χ2n) is 8.33. The fourth-order valence-electron chi connectivity index (χ4n) is 3.18. The molecule has 7 nitrogen and oxygen atoms in total. The molecule has 0 aliphatic carbocycles. The summed E-state index contributed by atoms with van der Waals surface area (Å²) in [6.07, 6.45) is 2.03. The van der Waals surface area contributed by atoms with Crippen LogP contribution in [0.25, 0.3) is 5.65 Å². The van der Waals surface area contributed by atoms with Gasteiger partial charge in [0.05, 0.1) is 12.6 Å². The Bertz CT molecular complexity index is 971. The molecular formula is C23H32N6O. The molecule has 0 saturated carbocycles. The Kier molecular flexibility index (Phi) is 7.05. The van der Waals surface area contributed by atoms with Crippen LogP contribution in [0.3, 0.4) is 0 Å². The number of hydrogen-bond acceptors (Lipinski definition) is 4. The molecule has 0 radical (unpaired) electrons. The third-order valence-corrected chi connectivity index (χ3v) is 4.95. The monoisotopic (exact) mass is 408 g/mol. The quantitative estimate of drug-likeness (QED) is 0.413. The number of aromatic nitrogens is 3. The first-order valence-electron chi connectivity index (χ1n) is 10.5. The molecule has 2 heterocycles. The fourth-order valence-corrected chi connectivity index (χ4v) is 3.18. The van der Waals surface area contributed by atoms with Crippen molar-refractivity contribution >= 4 is 11.6 Å². The molecule has 0 amide bonds. The Morgan fingerprint density at radius 3 is 2.57 bits per heavy atom. The van der Waals surface area contributed by atoms with Gasteiger partial charge in [-0.25, -0.2) is 0 Å². The number of aliphatic hydroxyl groups is 1. The lowest BCUT2D eigenvalue weighted by molar-refractivity contribution is 0.187. The Morgan fingerprint density at radius 2 is 1.87 bits per heavy atom. The topological polar surface area (TPSA) is 86.8 Å². The second-order valence-corrected chi connectivity index (χ2v) is 8.33. The zero-order chi connectivity index (χ0) is 21.6. The highest BCUT2D eigenvalue weighted by Gasteiger charge is 2.14. The predicted octanol–water partition coefficient (Wildman–Crippen LogP) is 2.86. The Morgan fingerprint density at radius 1 is 1.10 bits per heavy atom. The molecule has 0 aliphatic rings. The molecule has 0 aliphatic heterocycles. The Hall–Kier alpha value is -2.93. The molecule has 1 aromatic carbocycles. The second kappa shape index (κ2) is 9.71. The molecule has 0 fully saturated rings. The van der Waals surface area contributed by atoms with Gasteiger partial charge in [-0.15, -0.1) is 10.2 Å². The highest BCUT2D eigenvalue weighted by atomic mass is 16.3. The molecule has 0 bridgehead atoms. The van der Waals surface area contributed by atoms with E-state index in [0.29, 0.717) is 18.9 Å². The summed E-state index contributed by atoms with van der Waals surface area (Å²) >= 11 is 0. The number of hydrogen-bond donors (Lipinski definition) is 3. The zero-order valence-corrected chi connectivity index (χ0v) is 18.3. The fraction of sp³-hybridized carbons (Fsp3) is 0.435. The molecule has 3 rings (SSSR count). The number of rotatable bonds is 7. The summed E-state index contributed by atoms with van der Waals surface area (Å²) in [5.41, 5.74) is 3.06. The van der Waals surface area contributed by atoms with Gasteiger partial charge in [-0.05, 0) is 35.6 Å². The van der Waals surface area contributed by atoms with Crippen LogP contribution in [0.1, 0.15) is 50.8 Å². The number of fused-ring (bicyclic) bond motifs is 1. The van der Waals surface area contributed by atoms with Crippen molar-refractivity contribution in [3.8, 4) is 0 Å². The number of nitrogens with zero attached hydrogens (tertiary/aromatic N) is 4. The van der Waals surface area contributed by atoms with Crippen LogP contribution in [-0.4, -0.2) is 45.3 Å². The van der Waals surface area contributed by atoms with Gasteiger partial charge in [0.2, 0.25) is 0 Å². The van der Waals surface area contributed by atoms with Gasteiger partial charge < -0.3 is 15.7 Å². The van der Waals surface area contributed by atoms with Crippen LogP contribution in [-0.2, 0) is 11.8 Å². The first kappa shape index (κ1) is 21.8. The number of benzene rings is 1. The van der Waals surface area contributed by atoms with Gasteiger partial charge in [-0.3, -0.25) is 9.39 Å². The van der Waals surface area contributed by atoms with E-state index in [1.165, 1.54) is 5.56 Å². The summed E-state index contributed by atoms with van der Waals surface area (Å²) in [5.74, 6) is 1.57. The minimum absolute atomic E-state index is 0.0967. The molecule has 1 atom stereocenters. The van der Waals surface area contributed by atoms with E-state index in [1.54, 1.807) is 0 Å². The van der Waals surface area contributed by atoms with Gasteiger partial charge in [0.25, 0.3) is 0 Å². The molecule has 7 heteroatoms. The van der Waals surface area contributed by atoms with E-state index in [4.69, 9.17) is 0 Å². The lowest BCUT2D eigenvalue weighted by atomic mass is 9.86. The molecule has 2 aromatic heterocycles. The van der Waals surface area contributed by atoms with Crippen molar-refractivity contribution in [3.63, 3.8) is 0 Å². The van der Waals surface area contributed by atoms with Crippen molar-refractivity contribution in [2.75, 3.05) is 19.6 Å². The van der Waals surface area contributed by atoms with E-state index in [1.807, 2.05) is 47.9 Å². The van der Waals surface area contributed by atoms with Gasteiger partial charge in [0.1, 0.15) is 5.82 Å². The number of aliphatic hydroxyl groups excluding tert-OH is 1. The van der Waals surface area contributed by atoms with Gasteiger partial charge in [0.15, 0.2) is 11.6 Å². The summed E-state index contributed by atoms with van der Waals surface area (Å²) in [6, 6.07) is 14.0. The average Bonchev–Trinajstić information content (AvgIpc) is 3.14. The summed E-state index contributed by atoms with van der Waals surface area (Å²) in [6.45, 7) is 10.3. The van der Waals surface area contributed by atoms with Gasteiger partial charge in [0, 0.05) is 25.7 Å². The zero-order valence-electron chi connectivity index (χ0n) is 18.3. The summed E-state index contributed by atoms with van der Waals surface area (Å²) in [5, 5.41) is 25.5. The largest absolute Gasteiger partial charge is 0.386 e.